The number of rotatable bonds is 7. The second-order valence-corrected chi connectivity index (χ2v) is 8.61. The van der Waals surface area contributed by atoms with E-state index in [1.54, 1.807) is 7.11 Å². The van der Waals surface area contributed by atoms with E-state index in [4.69, 9.17) is 9.15 Å². The van der Waals surface area contributed by atoms with Crippen LogP contribution >= 0.6 is 0 Å². The number of carbonyl (C=O) groups excluding carboxylic acids is 1. The van der Waals surface area contributed by atoms with Gasteiger partial charge in [0.1, 0.15) is 5.75 Å². The molecule has 0 spiro atoms. The maximum atomic E-state index is 13.3. The summed E-state index contributed by atoms with van der Waals surface area (Å²) in [7, 11) is 1.66. The largest absolute Gasteiger partial charge is 0.497 e. The van der Waals surface area contributed by atoms with E-state index in [0.29, 0.717) is 23.6 Å². The fourth-order valence-corrected chi connectivity index (χ4v) is 4.20. The standard InChI is InChI=1S/C22H29N3O3/c1-15(2)12-19-23-24-20(28-19)13-16-8-11-25(14-16)21(26)22(9-10-22)17-4-6-18(27-3)7-5-17/h4-7,15-16H,8-14H2,1-3H3. The number of benzene rings is 1. The van der Waals surface area contributed by atoms with Crippen molar-refractivity contribution in [2.75, 3.05) is 20.2 Å². The number of likely N-dealkylation sites (tertiary alicyclic amines) is 1. The molecule has 1 saturated heterocycles. The lowest BCUT2D eigenvalue weighted by molar-refractivity contribution is -0.133. The first-order valence-electron chi connectivity index (χ1n) is 10.3. The summed E-state index contributed by atoms with van der Waals surface area (Å²) in [4.78, 5) is 15.3. The molecule has 1 aromatic heterocycles. The average molecular weight is 383 g/mol. The molecule has 4 rings (SSSR count). The molecular formula is C22H29N3O3. The summed E-state index contributed by atoms with van der Waals surface area (Å²) in [6.45, 7) is 5.87. The van der Waals surface area contributed by atoms with Crippen molar-refractivity contribution in [3.63, 3.8) is 0 Å². The van der Waals surface area contributed by atoms with Crippen LogP contribution in [0.4, 0.5) is 0 Å². The Bertz CT molecular complexity index is 824. The van der Waals surface area contributed by atoms with E-state index in [-0.39, 0.29) is 11.3 Å². The number of hydrogen-bond acceptors (Lipinski definition) is 5. The molecule has 2 fully saturated rings. The SMILES string of the molecule is COc1ccc(C2(C(=O)N3CCC(Cc4nnc(CC(C)C)o4)C3)CC2)cc1. The lowest BCUT2D eigenvalue weighted by atomic mass is 9.94. The Balaban J connectivity index is 1.37. The normalized spacial score (nSPS) is 20.6. The summed E-state index contributed by atoms with van der Waals surface area (Å²) >= 11 is 0. The van der Waals surface area contributed by atoms with Crippen molar-refractivity contribution >= 4 is 5.91 Å². The average Bonchev–Trinajstić information content (AvgIpc) is 3.18. The first-order chi connectivity index (χ1) is 13.5. The third-order valence-electron chi connectivity index (χ3n) is 5.93. The van der Waals surface area contributed by atoms with Crippen LogP contribution in [0.15, 0.2) is 28.7 Å². The molecule has 1 atom stereocenters. The third kappa shape index (κ3) is 3.77. The van der Waals surface area contributed by atoms with Gasteiger partial charge < -0.3 is 14.1 Å². The fourth-order valence-electron chi connectivity index (χ4n) is 4.20. The third-order valence-corrected chi connectivity index (χ3v) is 5.93. The van der Waals surface area contributed by atoms with E-state index < -0.39 is 0 Å². The van der Waals surface area contributed by atoms with Gasteiger partial charge in [-0.05, 0) is 48.8 Å². The molecular weight excluding hydrogens is 354 g/mol. The molecule has 2 aliphatic rings. The monoisotopic (exact) mass is 383 g/mol. The predicted molar refractivity (Wildman–Crippen MR) is 105 cm³/mol. The van der Waals surface area contributed by atoms with Crippen LogP contribution in [0.25, 0.3) is 0 Å². The van der Waals surface area contributed by atoms with Gasteiger partial charge in [0.15, 0.2) is 0 Å². The molecule has 2 aromatic rings. The molecule has 0 bridgehead atoms. The van der Waals surface area contributed by atoms with Gasteiger partial charge in [-0.25, -0.2) is 0 Å². The highest BCUT2D eigenvalue weighted by atomic mass is 16.5. The van der Waals surface area contributed by atoms with Gasteiger partial charge in [-0.2, -0.15) is 0 Å². The zero-order chi connectivity index (χ0) is 19.7. The Kier molecular flexibility index (Phi) is 5.13. The van der Waals surface area contributed by atoms with Gasteiger partial charge in [-0.1, -0.05) is 26.0 Å². The van der Waals surface area contributed by atoms with Gasteiger partial charge in [-0.3, -0.25) is 4.79 Å². The predicted octanol–water partition coefficient (Wildman–Crippen LogP) is 3.40. The van der Waals surface area contributed by atoms with Crippen LogP contribution in [-0.2, 0) is 23.1 Å². The Hall–Kier alpha value is -2.37. The van der Waals surface area contributed by atoms with E-state index in [1.807, 2.05) is 29.2 Å². The first-order valence-corrected chi connectivity index (χ1v) is 10.3. The van der Waals surface area contributed by atoms with Crippen molar-refractivity contribution in [3.05, 3.63) is 41.6 Å². The minimum Gasteiger partial charge on any atom is -0.497 e. The molecule has 2 heterocycles. The highest BCUT2D eigenvalue weighted by Crippen LogP contribution is 2.50. The van der Waals surface area contributed by atoms with E-state index in [1.165, 1.54) is 0 Å². The topological polar surface area (TPSA) is 68.5 Å². The highest BCUT2D eigenvalue weighted by Gasteiger charge is 2.53. The lowest BCUT2D eigenvalue weighted by Gasteiger charge is -2.23. The van der Waals surface area contributed by atoms with Gasteiger partial charge in [0, 0.05) is 25.9 Å². The number of aromatic nitrogens is 2. The van der Waals surface area contributed by atoms with Gasteiger partial charge in [0.25, 0.3) is 0 Å². The van der Waals surface area contributed by atoms with Gasteiger partial charge in [0.05, 0.1) is 12.5 Å². The molecule has 1 saturated carbocycles. The molecule has 1 aromatic carbocycles. The maximum absolute atomic E-state index is 13.3. The number of carbonyl (C=O) groups is 1. The molecule has 1 aliphatic carbocycles. The van der Waals surface area contributed by atoms with Crippen LogP contribution in [0, 0.1) is 11.8 Å². The molecule has 1 amide bonds. The molecule has 28 heavy (non-hydrogen) atoms. The highest BCUT2D eigenvalue weighted by molar-refractivity contribution is 5.91. The Morgan fingerprint density at radius 2 is 1.96 bits per heavy atom. The van der Waals surface area contributed by atoms with Crippen LogP contribution in [0.5, 0.6) is 5.75 Å². The molecule has 1 aliphatic heterocycles. The fraction of sp³-hybridized carbons (Fsp3) is 0.591. The zero-order valence-corrected chi connectivity index (χ0v) is 17.0. The van der Waals surface area contributed by atoms with Crippen molar-refractivity contribution in [3.8, 4) is 5.75 Å². The minimum absolute atomic E-state index is 0.270. The van der Waals surface area contributed by atoms with Crippen molar-refractivity contribution in [1.29, 1.82) is 0 Å². The van der Waals surface area contributed by atoms with Crippen molar-refractivity contribution in [2.45, 2.75) is 51.4 Å². The molecule has 150 valence electrons. The van der Waals surface area contributed by atoms with Crippen molar-refractivity contribution < 1.29 is 13.9 Å². The quantitative estimate of drug-likeness (QED) is 0.733. The number of hydrogen-bond donors (Lipinski definition) is 0. The minimum atomic E-state index is -0.323. The molecule has 1 unspecified atom stereocenters. The second kappa shape index (κ2) is 7.57. The molecule has 0 radical (unpaired) electrons. The van der Waals surface area contributed by atoms with E-state index in [9.17, 15) is 4.79 Å². The zero-order valence-electron chi connectivity index (χ0n) is 17.0. The Morgan fingerprint density at radius 1 is 1.25 bits per heavy atom. The Labute approximate surface area is 166 Å². The van der Waals surface area contributed by atoms with Gasteiger partial charge >= 0.3 is 0 Å². The summed E-state index contributed by atoms with van der Waals surface area (Å²) < 4.78 is 11.0. The van der Waals surface area contributed by atoms with Crippen molar-refractivity contribution in [1.82, 2.24) is 15.1 Å². The van der Waals surface area contributed by atoms with E-state index in [2.05, 4.69) is 24.0 Å². The molecule has 0 N–H and O–H groups in total. The number of ether oxygens (including phenoxy) is 1. The Morgan fingerprint density at radius 3 is 2.61 bits per heavy atom. The van der Waals surface area contributed by atoms with Gasteiger partial charge in [0.2, 0.25) is 17.7 Å². The summed E-state index contributed by atoms with van der Waals surface area (Å²) in [6, 6.07) is 7.96. The smallest absolute Gasteiger partial charge is 0.233 e. The number of nitrogens with zero attached hydrogens (tertiary/aromatic N) is 3. The number of amides is 1. The lowest BCUT2D eigenvalue weighted by Crippen LogP contribution is -2.38. The van der Waals surface area contributed by atoms with Crippen LogP contribution < -0.4 is 4.74 Å². The van der Waals surface area contributed by atoms with E-state index in [0.717, 1.165) is 56.5 Å². The summed E-state index contributed by atoms with van der Waals surface area (Å²) in [6.07, 6.45) is 4.42. The number of methoxy groups -OCH3 is 1. The van der Waals surface area contributed by atoms with Gasteiger partial charge in [-0.15, -0.1) is 10.2 Å². The second-order valence-electron chi connectivity index (χ2n) is 8.61. The van der Waals surface area contributed by atoms with Crippen LogP contribution in [0.2, 0.25) is 0 Å². The summed E-state index contributed by atoms with van der Waals surface area (Å²) in [5, 5.41) is 8.34. The maximum Gasteiger partial charge on any atom is 0.233 e. The van der Waals surface area contributed by atoms with Crippen LogP contribution in [0.3, 0.4) is 0 Å². The molecule has 6 nitrogen and oxygen atoms in total. The summed E-state index contributed by atoms with van der Waals surface area (Å²) in [5.41, 5.74) is 0.785. The molecule has 6 heteroatoms. The first kappa shape index (κ1) is 19.0. The van der Waals surface area contributed by atoms with Crippen molar-refractivity contribution in [2.24, 2.45) is 11.8 Å². The van der Waals surface area contributed by atoms with Crippen LogP contribution in [0.1, 0.15) is 50.5 Å². The summed E-state index contributed by atoms with van der Waals surface area (Å²) in [5.74, 6) is 3.40. The van der Waals surface area contributed by atoms with Crippen LogP contribution in [-0.4, -0.2) is 41.2 Å². The van der Waals surface area contributed by atoms with E-state index >= 15 is 0 Å².